The van der Waals surface area contributed by atoms with Crippen LogP contribution in [0.4, 0.5) is 5.69 Å². The molecule has 1 aromatic carbocycles. The molecule has 6 heteroatoms. The lowest BCUT2D eigenvalue weighted by molar-refractivity contribution is -0.128. The normalized spacial score (nSPS) is 21.0. The van der Waals surface area contributed by atoms with Gasteiger partial charge in [-0.2, -0.15) is 0 Å². The van der Waals surface area contributed by atoms with Crippen molar-refractivity contribution in [2.24, 2.45) is 0 Å². The molecule has 0 saturated heterocycles. The van der Waals surface area contributed by atoms with E-state index in [1.165, 1.54) is 11.3 Å². The van der Waals surface area contributed by atoms with E-state index in [9.17, 15) is 14.4 Å². The fourth-order valence-electron chi connectivity index (χ4n) is 3.32. The van der Waals surface area contributed by atoms with Gasteiger partial charge in [-0.15, -0.1) is 0 Å². The van der Waals surface area contributed by atoms with Crippen LogP contribution in [0.2, 0.25) is 0 Å². The number of anilines is 1. The van der Waals surface area contributed by atoms with Crippen molar-refractivity contribution >= 4 is 23.8 Å². The zero-order valence-electron chi connectivity index (χ0n) is 13.8. The molecule has 1 aliphatic carbocycles. The maximum Gasteiger partial charge on any atom is 0.268 e. The minimum absolute atomic E-state index is 0.0572. The first-order valence-electron chi connectivity index (χ1n) is 8.45. The first kappa shape index (κ1) is 16.5. The molecular formula is C18H22N2O4. The Hall–Kier alpha value is -2.37. The average Bonchev–Trinajstić information content (AvgIpc) is 2.59. The summed E-state index contributed by atoms with van der Waals surface area (Å²) in [4.78, 5) is 37.2. The van der Waals surface area contributed by atoms with E-state index in [4.69, 9.17) is 4.74 Å². The Bertz CT molecular complexity index is 652. The largest absolute Gasteiger partial charge is 0.479 e. The summed E-state index contributed by atoms with van der Waals surface area (Å²) < 4.78 is 5.57. The van der Waals surface area contributed by atoms with Crippen LogP contribution in [0.5, 0.6) is 5.75 Å². The Kier molecular flexibility index (Phi) is 4.83. The number of rotatable bonds is 4. The number of nitrogens with one attached hydrogen (secondary N) is 1. The zero-order chi connectivity index (χ0) is 17.1. The SMILES string of the molecule is CC1Oc2ccc(C=O)cc2N(CC(=O)NC2CCCCC2)C1=O. The van der Waals surface area contributed by atoms with E-state index in [0.29, 0.717) is 23.3 Å². The van der Waals surface area contributed by atoms with Gasteiger partial charge in [-0.05, 0) is 38.0 Å². The van der Waals surface area contributed by atoms with Gasteiger partial charge in [-0.1, -0.05) is 19.3 Å². The standard InChI is InChI=1S/C18H22N2O4/c1-12-18(23)20(10-17(22)19-14-5-3-2-4-6-14)15-9-13(11-21)7-8-16(15)24-12/h7-9,11-12,14H,2-6,10H2,1H3,(H,19,22). The van der Waals surface area contributed by atoms with Gasteiger partial charge >= 0.3 is 0 Å². The fourth-order valence-corrected chi connectivity index (χ4v) is 3.32. The second-order valence-corrected chi connectivity index (χ2v) is 6.43. The second kappa shape index (κ2) is 7.03. The molecule has 24 heavy (non-hydrogen) atoms. The van der Waals surface area contributed by atoms with Gasteiger partial charge < -0.3 is 10.1 Å². The van der Waals surface area contributed by atoms with Gasteiger partial charge in [-0.3, -0.25) is 19.3 Å². The number of hydrogen-bond acceptors (Lipinski definition) is 4. The van der Waals surface area contributed by atoms with E-state index in [-0.39, 0.29) is 24.4 Å². The number of amides is 2. The van der Waals surface area contributed by atoms with Crippen molar-refractivity contribution in [3.05, 3.63) is 23.8 Å². The lowest BCUT2D eigenvalue weighted by atomic mass is 9.95. The molecule has 1 aliphatic heterocycles. The quantitative estimate of drug-likeness (QED) is 0.858. The second-order valence-electron chi connectivity index (χ2n) is 6.43. The van der Waals surface area contributed by atoms with E-state index in [1.807, 2.05) is 0 Å². The van der Waals surface area contributed by atoms with Gasteiger partial charge in [0.05, 0.1) is 5.69 Å². The molecule has 0 spiro atoms. The zero-order valence-corrected chi connectivity index (χ0v) is 13.8. The van der Waals surface area contributed by atoms with Crippen LogP contribution in [0.25, 0.3) is 0 Å². The number of hydrogen-bond donors (Lipinski definition) is 1. The fraction of sp³-hybridized carbons (Fsp3) is 0.500. The molecule has 0 aromatic heterocycles. The Morgan fingerprint density at radius 1 is 1.33 bits per heavy atom. The number of carbonyl (C=O) groups excluding carboxylic acids is 3. The summed E-state index contributed by atoms with van der Waals surface area (Å²) in [6.45, 7) is 1.60. The molecule has 1 heterocycles. The van der Waals surface area contributed by atoms with E-state index in [1.54, 1.807) is 25.1 Å². The van der Waals surface area contributed by atoms with E-state index < -0.39 is 6.10 Å². The molecular weight excluding hydrogens is 308 g/mol. The van der Waals surface area contributed by atoms with Gasteiger partial charge in [0.2, 0.25) is 5.91 Å². The molecule has 2 amide bonds. The van der Waals surface area contributed by atoms with E-state index in [0.717, 1.165) is 25.7 Å². The monoisotopic (exact) mass is 330 g/mol. The minimum atomic E-state index is -0.651. The molecule has 3 rings (SSSR count). The molecule has 0 bridgehead atoms. The number of benzene rings is 1. The van der Waals surface area contributed by atoms with Crippen molar-refractivity contribution in [1.29, 1.82) is 0 Å². The van der Waals surface area contributed by atoms with E-state index in [2.05, 4.69) is 5.32 Å². The third-order valence-corrected chi connectivity index (χ3v) is 4.60. The predicted octanol–water partition coefficient (Wildman–Crippen LogP) is 2.06. The number of nitrogens with zero attached hydrogens (tertiary/aromatic N) is 1. The van der Waals surface area contributed by atoms with Crippen LogP contribution >= 0.6 is 0 Å². The maximum atomic E-state index is 12.4. The number of ether oxygens (including phenoxy) is 1. The van der Waals surface area contributed by atoms with Gasteiger partial charge in [0.25, 0.3) is 5.91 Å². The number of carbonyl (C=O) groups is 3. The molecule has 1 aromatic rings. The van der Waals surface area contributed by atoms with Crippen LogP contribution in [0.1, 0.15) is 49.4 Å². The van der Waals surface area contributed by atoms with Crippen molar-refractivity contribution in [3.8, 4) is 5.75 Å². The average molecular weight is 330 g/mol. The van der Waals surface area contributed by atoms with Crippen LogP contribution in [0.3, 0.4) is 0 Å². The third-order valence-electron chi connectivity index (χ3n) is 4.60. The lowest BCUT2D eigenvalue weighted by Gasteiger charge is -2.33. The smallest absolute Gasteiger partial charge is 0.268 e. The highest BCUT2D eigenvalue weighted by Gasteiger charge is 2.33. The van der Waals surface area contributed by atoms with Crippen molar-refractivity contribution in [2.75, 3.05) is 11.4 Å². The molecule has 1 atom stereocenters. The Morgan fingerprint density at radius 2 is 2.08 bits per heavy atom. The summed E-state index contributed by atoms with van der Waals surface area (Å²) in [5.74, 6) is 0.0642. The van der Waals surface area contributed by atoms with Crippen molar-refractivity contribution in [2.45, 2.75) is 51.2 Å². The molecule has 6 nitrogen and oxygen atoms in total. The highest BCUT2D eigenvalue weighted by molar-refractivity contribution is 6.04. The topological polar surface area (TPSA) is 75.7 Å². The summed E-state index contributed by atoms with van der Waals surface area (Å²) in [6.07, 6.45) is 5.52. The lowest BCUT2D eigenvalue weighted by Crippen LogP contribution is -2.50. The molecule has 1 saturated carbocycles. The minimum Gasteiger partial charge on any atom is -0.479 e. The first-order valence-corrected chi connectivity index (χ1v) is 8.45. The van der Waals surface area contributed by atoms with Crippen LogP contribution in [0.15, 0.2) is 18.2 Å². The van der Waals surface area contributed by atoms with Crippen LogP contribution in [-0.4, -0.2) is 36.8 Å². The highest BCUT2D eigenvalue weighted by Crippen LogP contribution is 2.34. The molecule has 1 N–H and O–H groups in total. The Labute approximate surface area is 141 Å². The molecule has 1 unspecified atom stereocenters. The molecule has 0 radical (unpaired) electrons. The third kappa shape index (κ3) is 3.42. The van der Waals surface area contributed by atoms with Crippen LogP contribution in [-0.2, 0) is 9.59 Å². The Balaban J connectivity index is 1.77. The first-order chi connectivity index (χ1) is 11.6. The van der Waals surface area contributed by atoms with Crippen molar-refractivity contribution in [3.63, 3.8) is 0 Å². The molecule has 128 valence electrons. The summed E-state index contributed by atoms with van der Waals surface area (Å²) in [6, 6.07) is 5.07. The Morgan fingerprint density at radius 3 is 2.79 bits per heavy atom. The maximum absolute atomic E-state index is 12.4. The van der Waals surface area contributed by atoms with Gasteiger partial charge in [0.1, 0.15) is 18.6 Å². The summed E-state index contributed by atoms with van der Waals surface area (Å²) >= 11 is 0. The van der Waals surface area contributed by atoms with E-state index >= 15 is 0 Å². The van der Waals surface area contributed by atoms with Gasteiger partial charge in [-0.25, -0.2) is 0 Å². The summed E-state index contributed by atoms with van der Waals surface area (Å²) in [7, 11) is 0. The van der Waals surface area contributed by atoms with Gasteiger partial charge in [0, 0.05) is 11.6 Å². The summed E-state index contributed by atoms with van der Waals surface area (Å²) in [5.41, 5.74) is 0.916. The molecule has 2 aliphatic rings. The van der Waals surface area contributed by atoms with Gasteiger partial charge in [0.15, 0.2) is 6.10 Å². The predicted molar refractivity (Wildman–Crippen MR) is 89.3 cm³/mol. The molecule has 1 fully saturated rings. The number of aldehydes is 1. The van der Waals surface area contributed by atoms with Crippen molar-refractivity contribution < 1.29 is 19.1 Å². The number of fused-ring (bicyclic) bond motifs is 1. The van der Waals surface area contributed by atoms with Crippen LogP contribution in [0, 0.1) is 0 Å². The van der Waals surface area contributed by atoms with Crippen LogP contribution < -0.4 is 15.0 Å². The van der Waals surface area contributed by atoms with Crippen molar-refractivity contribution in [1.82, 2.24) is 5.32 Å². The summed E-state index contributed by atoms with van der Waals surface area (Å²) in [5, 5.41) is 3.02. The highest BCUT2D eigenvalue weighted by atomic mass is 16.5.